The number of pyridine rings is 2. The molecule has 0 aliphatic heterocycles. The molecule has 0 saturated heterocycles. The molecule has 0 aliphatic rings. The topological polar surface area (TPSA) is 47.3 Å². The highest BCUT2D eigenvalue weighted by Gasteiger charge is 2.30. The number of nitrogens with zero attached hydrogens (tertiary/aromatic N) is 3. The molecule has 0 radical (unpaired) electrons. The van der Waals surface area contributed by atoms with Crippen LogP contribution < -0.4 is 15.9 Å². The van der Waals surface area contributed by atoms with Crippen LogP contribution in [0.1, 0.15) is 0 Å². The van der Waals surface area contributed by atoms with Gasteiger partial charge in [-0.1, -0.05) is 103 Å². The molecule has 37 heavy (non-hydrogen) atoms. The van der Waals surface area contributed by atoms with E-state index < -0.39 is 7.14 Å². The van der Waals surface area contributed by atoms with Gasteiger partial charge in [-0.2, -0.15) is 0 Å². The molecule has 0 bridgehead atoms. The van der Waals surface area contributed by atoms with Crippen molar-refractivity contribution in [3.63, 3.8) is 0 Å². The number of fused-ring (bicyclic) bond motifs is 5. The van der Waals surface area contributed by atoms with E-state index in [9.17, 15) is 0 Å². The highest BCUT2D eigenvalue weighted by atomic mass is 31.2. The summed E-state index contributed by atoms with van der Waals surface area (Å²) in [5, 5.41) is 3.41. The van der Waals surface area contributed by atoms with Gasteiger partial charge in [-0.15, -0.1) is 0 Å². The summed E-state index contributed by atoms with van der Waals surface area (Å²) < 4.78 is 17.1. The second-order valence-corrected chi connectivity index (χ2v) is 11.8. The van der Waals surface area contributed by atoms with Crippen LogP contribution in [0.2, 0.25) is 0 Å². The molecule has 0 spiro atoms. The molecular weight excluding hydrogens is 473 g/mol. The second-order valence-electron chi connectivity index (χ2n) is 9.05. The SMILES string of the molecule is O=P(c1ccccc1)(c1ccccc1)c1cccc(-c2nc3ccccc3c3nc4ccccn4c23)c1. The number of imidazole rings is 1. The van der Waals surface area contributed by atoms with Crippen LogP contribution in [0.25, 0.3) is 38.8 Å². The van der Waals surface area contributed by atoms with Gasteiger partial charge in [-0.25, -0.2) is 9.97 Å². The molecule has 3 heterocycles. The molecular formula is C32H22N3OP. The van der Waals surface area contributed by atoms with Gasteiger partial charge in [-0.05, 0) is 24.3 Å². The average molecular weight is 496 g/mol. The van der Waals surface area contributed by atoms with Crippen LogP contribution in [0.15, 0.2) is 134 Å². The highest BCUT2D eigenvalue weighted by Crippen LogP contribution is 2.43. The van der Waals surface area contributed by atoms with E-state index in [0.29, 0.717) is 0 Å². The van der Waals surface area contributed by atoms with Gasteiger partial charge in [0.1, 0.15) is 11.2 Å². The van der Waals surface area contributed by atoms with Crippen molar-refractivity contribution in [3.8, 4) is 11.3 Å². The maximum absolute atomic E-state index is 15.0. The Hall–Kier alpha value is -4.53. The van der Waals surface area contributed by atoms with Crippen molar-refractivity contribution in [2.75, 3.05) is 0 Å². The first kappa shape index (κ1) is 21.7. The van der Waals surface area contributed by atoms with E-state index in [1.54, 1.807) is 0 Å². The Morgan fingerprint density at radius 2 is 1.24 bits per heavy atom. The zero-order valence-electron chi connectivity index (χ0n) is 19.9. The standard InChI is InChI=1S/C32H22N3OP/c36-37(24-13-3-1-4-14-24,25-15-5-2-6-16-25)26-17-11-12-23(22-26)30-32-31(27-18-7-8-19-28(27)33-30)34-29-20-9-10-21-35(29)32/h1-22H. The van der Waals surface area contributed by atoms with E-state index in [-0.39, 0.29) is 0 Å². The number of hydrogen-bond donors (Lipinski definition) is 0. The first-order valence-electron chi connectivity index (χ1n) is 12.2. The van der Waals surface area contributed by atoms with Crippen molar-refractivity contribution >= 4 is 50.6 Å². The van der Waals surface area contributed by atoms with E-state index in [0.717, 1.165) is 54.8 Å². The Morgan fingerprint density at radius 1 is 0.595 bits per heavy atom. The molecule has 0 atom stereocenters. The van der Waals surface area contributed by atoms with Crippen LogP contribution in [0.3, 0.4) is 0 Å². The zero-order chi connectivity index (χ0) is 24.8. The molecule has 0 N–H and O–H groups in total. The lowest BCUT2D eigenvalue weighted by atomic mass is 10.1. The van der Waals surface area contributed by atoms with Gasteiger partial charge in [-0.3, -0.25) is 4.40 Å². The van der Waals surface area contributed by atoms with E-state index in [2.05, 4.69) is 10.5 Å². The van der Waals surface area contributed by atoms with Crippen molar-refractivity contribution in [2.45, 2.75) is 0 Å². The summed E-state index contributed by atoms with van der Waals surface area (Å²) in [4.78, 5) is 10.1. The maximum Gasteiger partial charge on any atom is 0.171 e. The molecule has 0 unspecified atom stereocenters. The van der Waals surface area contributed by atoms with Crippen LogP contribution in [0, 0.1) is 0 Å². The Bertz CT molecular complexity index is 1920. The smallest absolute Gasteiger partial charge is 0.171 e. The summed E-state index contributed by atoms with van der Waals surface area (Å²) in [5.41, 5.74) is 5.33. The molecule has 176 valence electrons. The number of aromatic nitrogens is 3. The van der Waals surface area contributed by atoms with Crippen molar-refractivity contribution in [3.05, 3.63) is 134 Å². The van der Waals surface area contributed by atoms with E-state index in [4.69, 9.17) is 9.97 Å². The fourth-order valence-electron chi connectivity index (χ4n) is 5.13. The maximum atomic E-state index is 15.0. The predicted octanol–water partition coefficient (Wildman–Crippen LogP) is 6.34. The van der Waals surface area contributed by atoms with Gasteiger partial charge in [0.25, 0.3) is 0 Å². The Labute approximate surface area is 214 Å². The van der Waals surface area contributed by atoms with Crippen LogP contribution in [0.5, 0.6) is 0 Å². The summed E-state index contributed by atoms with van der Waals surface area (Å²) >= 11 is 0. The summed E-state index contributed by atoms with van der Waals surface area (Å²) in [6, 6.07) is 41.7. The molecule has 0 amide bonds. The van der Waals surface area contributed by atoms with Gasteiger partial charge in [0.2, 0.25) is 0 Å². The summed E-state index contributed by atoms with van der Waals surface area (Å²) in [7, 11) is -3.12. The molecule has 4 nitrogen and oxygen atoms in total. The molecule has 3 aromatic heterocycles. The van der Waals surface area contributed by atoms with Gasteiger partial charge < -0.3 is 4.57 Å². The molecule has 0 aliphatic carbocycles. The van der Waals surface area contributed by atoms with Gasteiger partial charge in [0.15, 0.2) is 7.14 Å². The fourth-order valence-corrected chi connectivity index (χ4v) is 7.82. The molecule has 4 aromatic carbocycles. The highest BCUT2D eigenvalue weighted by molar-refractivity contribution is 7.85. The lowest BCUT2D eigenvalue weighted by Crippen LogP contribution is -2.25. The lowest BCUT2D eigenvalue weighted by Gasteiger charge is -2.20. The molecule has 7 aromatic rings. The summed E-state index contributed by atoms with van der Waals surface area (Å²) in [5.74, 6) is 0. The number of para-hydroxylation sites is 1. The normalized spacial score (nSPS) is 11.9. The first-order valence-corrected chi connectivity index (χ1v) is 13.9. The molecule has 7 rings (SSSR count). The largest absolute Gasteiger partial charge is 0.309 e. The minimum absolute atomic E-state index is 0.777. The van der Waals surface area contributed by atoms with Crippen LogP contribution in [-0.2, 0) is 4.57 Å². The van der Waals surface area contributed by atoms with Crippen molar-refractivity contribution in [1.29, 1.82) is 0 Å². The minimum atomic E-state index is -3.12. The Balaban J connectivity index is 1.53. The van der Waals surface area contributed by atoms with Crippen LogP contribution >= 0.6 is 7.14 Å². The Kier molecular flexibility index (Phi) is 5.02. The van der Waals surface area contributed by atoms with E-state index >= 15 is 4.57 Å². The lowest BCUT2D eigenvalue weighted by molar-refractivity contribution is 0.592. The van der Waals surface area contributed by atoms with Crippen molar-refractivity contribution < 1.29 is 4.57 Å². The monoisotopic (exact) mass is 495 g/mol. The fraction of sp³-hybridized carbons (Fsp3) is 0. The van der Waals surface area contributed by atoms with Crippen LogP contribution in [-0.4, -0.2) is 14.4 Å². The molecule has 0 fully saturated rings. The summed E-state index contributed by atoms with van der Waals surface area (Å²) in [6.45, 7) is 0. The van der Waals surface area contributed by atoms with Gasteiger partial charge >= 0.3 is 0 Å². The predicted molar refractivity (Wildman–Crippen MR) is 153 cm³/mol. The van der Waals surface area contributed by atoms with Gasteiger partial charge in [0, 0.05) is 33.1 Å². The zero-order valence-corrected chi connectivity index (χ0v) is 20.8. The number of rotatable bonds is 4. The third-order valence-electron chi connectivity index (χ3n) is 6.87. The molecule has 0 saturated carbocycles. The van der Waals surface area contributed by atoms with E-state index in [1.165, 1.54) is 0 Å². The van der Waals surface area contributed by atoms with E-state index in [1.807, 2.05) is 128 Å². The minimum Gasteiger partial charge on any atom is -0.309 e. The third-order valence-corrected chi connectivity index (χ3v) is 9.92. The average Bonchev–Trinajstić information content (AvgIpc) is 3.37. The Morgan fingerprint density at radius 3 is 2.00 bits per heavy atom. The number of hydrogen-bond acceptors (Lipinski definition) is 3. The van der Waals surface area contributed by atoms with Crippen LogP contribution in [0.4, 0.5) is 0 Å². The molecule has 5 heteroatoms. The first-order chi connectivity index (χ1) is 18.2. The summed E-state index contributed by atoms with van der Waals surface area (Å²) in [6.07, 6.45) is 2.02. The van der Waals surface area contributed by atoms with Crippen molar-refractivity contribution in [1.82, 2.24) is 14.4 Å². The third kappa shape index (κ3) is 3.41. The van der Waals surface area contributed by atoms with Crippen molar-refractivity contribution in [2.24, 2.45) is 0 Å². The second kappa shape index (κ2) is 8.55. The quantitative estimate of drug-likeness (QED) is 0.268. The number of benzene rings is 4. The van der Waals surface area contributed by atoms with Gasteiger partial charge in [0.05, 0.1) is 16.7 Å².